The summed E-state index contributed by atoms with van der Waals surface area (Å²) in [4.78, 5) is 2.65. The first-order chi connectivity index (χ1) is 23.5. The van der Waals surface area contributed by atoms with E-state index in [2.05, 4.69) is 172 Å². The van der Waals surface area contributed by atoms with Crippen LogP contribution in [-0.4, -0.2) is 0 Å². The molecule has 0 saturated carbocycles. The summed E-state index contributed by atoms with van der Waals surface area (Å²) in [6.45, 7) is 6.99. The van der Waals surface area contributed by atoms with E-state index in [9.17, 15) is 0 Å². The van der Waals surface area contributed by atoms with Crippen LogP contribution in [0.2, 0.25) is 0 Å². The maximum atomic E-state index is 2.43. The third-order valence-electron chi connectivity index (χ3n) is 10.5. The maximum absolute atomic E-state index is 2.43. The zero-order chi connectivity index (χ0) is 32.4. The summed E-state index contributed by atoms with van der Waals surface area (Å²) in [5.41, 5.74) is 14.7. The molecule has 7 aromatic carbocycles. The monoisotopic (exact) mass is 632 g/mol. The van der Waals surface area contributed by atoms with Crippen LogP contribution in [-0.2, 0) is 11.8 Å². The molecule has 0 radical (unpaired) electrons. The summed E-state index contributed by atoms with van der Waals surface area (Å²) < 4.78 is 0. The fraction of sp³-hybridized carbons (Fsp3) is 0.106. The highest BCUT2D eigenvalue weighted by Crippen LogP contribution is 2.50. The summed E-state index contributed by atoms with van der Waals surface area (Å²) in [5, 5.41) is 5.15. The highest BCUT2D eigenvalue weighted by Gasteiger charge is 2.35. The quantitative estimate of drug-likeness (QED) is 0.166. The topological polar surface area (TPSA) is 0 Å². The minimum absolute atomic E-state index is 0.00893. The van der Waals surface area contributed by atoms with E-state index >= 15 is 0 Å². The van der Waals surface area contributed by atoms with E-state index in [1.807, 2.05) is 11.3 Å². The minimum Gasteiger partial charge on any atom is -0.135 e. The average molecular weight is 633 g/mol. The Balaban J connectivity index is 1.03. The van der Waals surface area contributed by atoms with Crippen molar-refractivity contribution in [2.24, 2.45) is 0 Å². The number of hydrogen-bond donors (Lipinski definition) is 0. The van der Waals surface area contributed by atoms with Gasteiger partial charge in [0.2, 0.25) is 0 Å². The summed E-state index contributed by atoms with van der Waals surface area (Å²) in [6, 6.07) is 56.6. The van der Waals surface area contributed by atoms with Crippen LogP contribution in [0.15, 0.2) is 152 Å². The molecule has 0 bridgehead atoms. The van der Waals surface area contributed by atoms with Gasteiger partial charge >= 0.3 is 0 Å². The van der Waals surface area contributed by atoms with Crippen molar-refractivity contribution in [1.29, 1.82) is 0 Å². The van der Waals surface area contributed by atoms with Crippen molar-refractivity contribution in [3.8, 4) is 54.3 Å². The van der Waals surface area contributed by atoms with Crippen LogP contribution in [0.25, 0.3) is 75.8 Å². The van der Waals surface area contributed by atoms with Crippen LogP contribution < -0.4 is 0 Å². The lowest BCUT2D eigenvalue weighted by Gasteiger charge is -2.21. The van der Waals surface area contributed by atoms with E-state index in [4.69, 9.17) is 0 Å². The third kappa shape index (κ3) is 4.65. The predicted octanol–water partition coefficient (Wildman–Crippen LogP) is 13.6. The van der Waals surface area contributed by atoms with Gasteiger partial charge in [0.05, 0.1) is 0 Å². The van der Waals surface area contributed by atoms with E-state index < -0.39 is 0 Å². The highest BCUT2D eigenvalue weighted by atomic mass is 32.1. The average Bonchev–Trinajstić information content (AvgIpc) is 3.72. The second-order valence-electron chi connectivity index (χ2n) is 13.6. The molecule has 1 heterocycles. The number of thiophene rings is 1. The second kappa shape index (κ2) is 11.2. The van der Waals surface area contributed by atoms with Crippen LogP contribution in [0.5, 0.6) is 0 Å². The first kappa shape index (κ1) is 28.9. The third-order valence-corrected chi connectivity index (χ3v) is 11.7. The van der Waals surface area contributed by atoms with Crippen LogP contribution in [0.3, 0.4) is 0 Å². The van der Waals surface area contributed by atoms with Gasteiger partial charge in [-0.1, -0.05) is 142 Å². The molecule has 0 aliphatic heterocycles. The molecule has 230 valence electrons. The van der Waals surface area contributed by atoms with Crippen LogP contribution in [0.4, 0.5) is 0 Å². The molecule has 1 heteroatoms. The lowest BCUT2D eigenvalue weighted by atomic mass is 9.82. The van der Waals surface area contributed by atoms with Gasteiger partial charge in [0.15, 0.2) is 0 Å². The van der Waals surface area contributed by atoms with E-state index in [0.717, 1.165) is 6.42 Å². The summed E-state index contributed by atoms with van der Waals surface area (Å²) >= 11 is 1.90. The van der Waals surface area contributed by atoms with Crippen molar-refractivity contribution in [3.63, 3.8) is 0 Å². The van der Waals surface area contributed by atoms with Gasteiger partial charge in [-0.3, -0.25) is 0 Å². The van der Waals surface area contributed by atoms with Gasteiger partial charge in [-0.25, -0.2) is 0 Å². The maximum Gasteiger partial charge on any atom is 0.0352 e. The smallest absolute Gasteiger partial charge is 0.0352 e. The molecule has 0 nitrogen and oxygen atoms in total. The van der Waals surface area contributed by atoms with Crippen molar-refractivity contribution in [2.75, 3.05) is 0 Å². The van der Waals surface area contributed by atoms with Gasteiger partial charge in [-0.05, 0) is 119 Å². The standard InChI is InChI=1S/C47H36S/c1-4-30-26-33(34-17-21-39-36(28-34)15-14-35-27-32(16-20-38(35)39)31-10-6-5-7-11-31)18-22-40(30)46-25-24-45(48-46)37-19-23-42-41-12-8-9-13-43(41)47(2,3)44(42)29-37/h5-29H,4H2,1-3H3. The van der Waals surface area contributed by atoms with Crippen molar-refractivity contribution in [1.82, 2.24) is 0 Å². The number of aryl methyl sites for hydroxylation is 1. The van der Waals surface area contributed by atoms with Gasteiger partial charge in [0.1, 0.15) is 0 Å². The first-order valence-corrected chi connectivity index (χ1v) is 17.8. The fourth-order valence-corrected chi connectivity index (χ4v) is 8.93. The molecule has 0 amide bonds. The summed E-state index contributed by atoms with van der Waals surface area (Å²) in [5.74, 6) is 0. The number of fused-ring (bicyclic) bond motifs is 6. The number of benzene rings is 7. The van der Waals surface area contributed by atoms with Gasteiger partial charge < -0.3 is 0 Å². The molecular formula is C47H36S. The SMILES string of the molecule is CCc1cc(-c2ccc3c(ccc4cc(-c5ccccc5)ccc43)c2)ccc1-c1ccc(-c2ccc3c(c2)C(C)(C)c2ccccc2-3)s1. The van der Waals surface area contributed by atoms with Gasteiger partial charge in [-0.15, -0.1) is 11.3 Å². The van der Waals surface area contributed by atoms with E-state index in [0.29, 0.717) is 0 Å². The molecule has 0 saturated heterocycles. The number of rotatable bonds is 5. The fourth-order valence-electron chi connectivity index (χ4n) is 7.86. The highest BCUT2D eigenvalue weighted by molar-refractivity contribution is 7.18. The molecule has 0 fully saturated rings. The molecule has 1 aliphatic carbocycles. The normalized spacial score (nSPS) is 13.1. The van der Waals surface area contributed by atoms with E-state index in [-0.39, 0.29) is 5.41 Å². The molecule has 8 aromatic rings. The van der Waals surface area contributed by atoms with Gasteiger partial charge in [-0.2, -0.15) is 0 Å². The molecular weight excluding hydrogens is 597 g/mol. The Hall–Kier alpha value is -5.24. The van der Waals surface area contributed by atoms with E-state index in [1.54, 1.807) is 0 Å². The Morgan fingerprint density at radius 2 is 1.02 bits per heavy atom. The molecule has 0 spiro atoms. The first-order valence-electron chi connectivity index (χ1n) is 17.0. The predicted molar refractivity (Wildman–Crippen MR) is 208 cm³/mol. The van der Waals surface area contributed by atoms with Crippen molar-refractivity contribution >= 4 is 32.9 Å². The zero-order valence-corrected chi connectivity index (χ0v) is 28.4. The van der Waals surface area contributed by atoms with Crippen molar-refractivity contribution < 1.29 is 0 Å². The Morgan fingerprint density at radius 3 is 1.77 bits per heavy atom. The van der Waals surface area contributed by atoms with Gasteiger partial charge in [0.25, 0.3) is 0 Å². The van der Waals surface area contributed by atoms with E-state index in [1.165, 1.54) is 92.5 Å². The summed E-state index contributed by atoms with van der Waals surface area (Å²) in [7, 11) is 0. The zero-order valence-electron chi connectivity index (χ0n) is 27.5. The lowest BCUT2D eigenvalue weighted by molar-refractivity contribution is 0.660. The molecule has 9 rings (SSSR count). The van der Waals surface area contributed by atoms with Crippen LogP contribution in [0, 0.1) is 0 Å². The minimum atomic E-state index is 0.00893. The van der Waals surface area contributed by atoms with Gasteiger partial charge in [0, 0.05) is 15.2 Å². The molecule has 0 unspecified atom stereocenters. The number of hydrogen-bond acceptors (Lipinski definition) is 1. The molecule has 1 aromatic heterocycles. The largest absolute Gasteiger partial charge is 0.135 e. The van der Waals surface area contributed by atoms with Crippen molar-refractivity contribution in [2.45, 2.75) is 32.6 Å². The molecule has 48 heavy (non-hydrogen) atoms. The Labute approximate surface area is 287 Å². The Kier molecular flexibility index (Phi) is 6.74. The molecule has 1 aliphatic rings. The van der Waals surface area contributed by atoms with Crippen LogP contribution >= 0.6 is 11.3 Å². The molecule has 0 N–H and O–H groups in total. The van der Waals surface area contributed by atoms with Crippen molar-refractivity contribution in [3.05, 3.63) is 168 Å². The Morgan fingerprint density at radius 1 is 0.438 bits per heavy atom. The lowest BCUT2D eigenvalue weighted by Crippen LogP contribution is -2.14. The van der Waals surface area contributed by atoms with Crippen LogP contribution in [0.1, 0.15) is 37.5 Å². The summed E-state index contributed by atoms with van der Waals surface area (Å²) in [6.07, 6.45) is 0.990. The molecule has 0 atom stereocenters. The Bertz CT molecular complexity index is 2510. The second-order valence-corrected chi connectivity index (χ2v) is 14.7.